The van der Waals surface area contributed by atoms with Crippen LogP contribution in [-0.4, -0.2) is 30.0 Å². The van der Waals surface area contributed by atoms with E-state index in [1.54, 1.807) is 6.20 Å². The van der Waals surface area contributed by atoms with Gasteiger partial charge in [0.2, 0.25) is 6.79 Å². The first-order valence-electron chi connectivity index (χ1n) is 7.36. The molecule has 7 heteroatoms. The molecule has 0 spiro atoms. The number of thiocarbonyl (C=S) groups is 1. The van der Waals surface area contributed by atoms with Crippen molar-refractivity contribution in [1.29, 1.82) is 0 Å². The van der Waals surface area contributed by atoms with Crippen molar-refractivity contribution in [2.75, 3.05) is 25.2 Å². The fraction of sp³-hybridized carbons (Fsp3) is 0.250. The molecule has 3 N–H and O–H groups in total. The van der Waals surface area contributed by atoms with Gasteiger partial charge in [-0.15, -0.1) is 0 Å². The molecule has 23 heavy (non-hydrogen) atoms. The van der Waals surface area contributed by atoms with Crippen LogP contribution in [-0.2, 0) is 6.54 Å². The van der Waals surface area contributed by atoms with Crippen molar-refractivity contribution in [3.8, 4) is 11.5 Å². The molecule has 0 bridgehead atoms. The minimum Gasteiger partial charge on any atom is -0.454 e. The van der Waals surface area contributed by atoms with Crippen LogP contribution in [0, 0.1) is 0 Å². The van der Waals surface area contributed by atoms with E-state index in [0.717, 1.165) is 29.4 Å². The van der Waals surface area contributed by atoms with Gasteiger partial charge < -0.3 is 25.4 Å². The van der Waals surface area contributed by atoms with Crippen LogP contribution in [0.2, 0.25) is 0 Å². The summed E-state index contributed by atoms with van der Waals surface area (Å²) in [5.41, 5.74) is 1.09. The van der Waals surface area contributed by atoms with Gasteiger partial charge in [-0.3, -0.25) is 0 Å². The predicted octanol–water partition coefficient (Wildman–Crippen LogP) is 1.89. The van der Waals surface area contributed by atoms with E-state index in [1.165, 1.54) is 0 Å². The lowest BCUT2D eigenvalue weighted by Gasteiger charge is -2.11. The minimum atomic E-state index is 0.287. The molecule has 2 heterocycles. The Labute approximate surface area is 140 Å². The molecule has 0 saturated carbocycles. The van der Waals surface area contributed by atoms with E-state index in [4.69, 9.17) is 21.7 Å². The molecule has 3 rings (SSSR count). The standard InChI is InChI=1S/C16H18N4O2S/c23-16(19-8-7-18-15-3-1-2-6-17-15)20-10-12-4-5-13-14(9-12)22-11-21-13/h1-6,9H,7-8,10-11H2,(H,17,18)(H2,19,20,23). The van der Waals surface area contributed by atoms with Gasteiger partial charge in [0.25, 0.3) is 0 Å². The molecule has 2 aromatic rings. The molecular formula is C16H18N4O2S. The molecule has 6 nitrogen and oxygen atoms in total. The average Bonchev–Trinajstić information content (AvgIpc) is 3.05. The fourth-order valence-corrected chi connectivity index (χ4v) is 2.30. The number of fused-ring (bicyclic) bond motifs is 1. The van der Waals surface area contributed by atoms with Crippen LogP contribution in [0.4, 0.5) is 5.82 Å². The first-order valence-corrected chi connectivity index (χ1v) is 7.77. The lowest BCUT2D eigenvalue weighted by molar-refractivity contribution is 0.174. The third-order valence-corrected chi connectivity index (χ3v) is 3.56. The molecule has 0 unspecified atom stereocenters. The highest BCUT2D eigenvalue weighted by atomic mass is 32.1. The van der Waals surface area contributed by atoms with Crippen molar-refractivity contribution in [3.63, 3.8) is 0 Å². The van der Waals surface area contributed by atoms with E-state index < -0.39 is 0 Å². The summed E-state index contributed by atoms with van der Waals surface area (Å²) in [6.07, 6.45) is 1.76. The molecule has 0 aliphatic carbocycles. The minimum absolute atomic E-state index is 0.287. The number of ether oxygens (including phenoxy) is 2. The number of pyridine rings is 1. The third kappa shape index (κ3) is 4.46. The highest BCUT2D eigenvalue weighted by Gasteiger charge is 2.12. The average molecular weight is 330 g/mol. The number of nitrogens with zero attached hydrogens (tertiary/aromatic N) is 1. The Hall–Kier alpha value is -2.54. The van der Waals surface area contributed by atoms with Gasteiger partial charge in [-0.05, 0) is 42.0 Å². The molecular weight excluding hydrogens is 312 g/mol. The van der Waals surface area contributed by atoms with Crippen molar-refractivity contribution in [2.24, 2.45) is 0 Å². The summed E-state index contributed by atoms with van der Waals surface area (Å²) in [6, 6.07) is 11.6. The highest BCUT2D eigenvalue weighted by molar-refractivity contribution is 7.80. The van der Waals surface area contributed by atoms with E-state index in [-0.39, 0.29) is 6.79 Å². The second-order valence-corrected chi connectivity index (χ2v) is 5.35. The number of benzene rings is 1. The molecule has 1 aromatic carbocycles. The Balaban J connectivity index is 1.35. The van der Waals surface area contributed by atoms with E-state index in [2.05, 4.69) is 20.9 Å². The summed E-state index contributed by atoms with van der Waals surface area (Å²) in [5.74, 6) is 2.42. The van der Waals surface area contributed by atoms with Crippen LogP contribution in [0.3, 0.4) is 0 Å². The largest absolute Gasteiger partial charge is 0.454 e. The fourth-order valence-electron chi connectivity index (χ4n) is 2.13. The topological polar surface area (TPSA) is 67.4 Å². The molecule has 1 aliphatic rings. The normalized spacial score (nSPS) is 11.8. The number of aromatic nitrogens is 1. The lowest BCUT2D eigenvalue weighted by atomic mass is 10.2. The SMILES string of the molecule is S=C(NCCNc1ccccn1)NCc1ccc2c(c1)OCO2. The molecule has 120 valence electrons. The van der Waals surface area contributed by atoms with E-state index in [0.29, 0.717) is 18.2 Å². The highest BCUT2D eigenvalue weighted by Crippen LogP contribution is 2.32. The van der Waals surface area contributed by atoms with E-state index >= 15 is 0 Å². The van der Waals surface area contributed by atoms with E-state index in [9.17, 15) is 0 Å². The van der Waals surface area contributed by atoms with E-state index in [1.807, 2.05) is 36.4 Å². The van der Waals surface area contributed by atoms with Crippen molar-refractivity contribution < 1.29 is 9.47 Å². The Kier molecular flexibility index (Phi) is 5.10. The third-order valence-electron chi connectivity index (χ3n) is 3.27. The van der Waals surface area contributed by atoms with Gasteiger partial charge in [-0.2, -0.15) is 0 Å². The van der Waals surface area contributed by atoms with Gasteiger partial charge in [-0.1, -0.05) is 12.1 Å². The number of anilines is 1. The summed E-state index contributed by atoms with van der Waals surface area (Å²) in [5, 5.41) is 10.1. The quantitative estimate of drug-likeness (QED) is 0.552. The maximum Gasteiger partial charge on any atom is 0.231 e. The molecule has 1 aromatic heterocycles. The summed E-state index contributed by atoms with van der Waals surface area (Å²) < 4.78 is 10.6. The zero-order valence-electron chi connectivity index (χ0n) is 12.5. The van der Waals surface area contributed by atoms with Gasteiger partial charge >= 0.3 is 0 Å². The Morgan fingerprint density at radius 2 is 2.00 bits per heavy atom. The smallest absolute Gasteiger partial charge is 0.231 e. The van der Waals surface area contributed by atoms with Crippen LogP contribution in [0.5, 0.6) is 11.5 Å². The van der Waals surface area contributed by atoms with Crippen LogP contribution in [0.25, 0.3) is 0 Å². The summed E-state index contributed by atoms with van der Waals surface area (Å²) in [4.78, 5) is 4.19. The Morgan fingerprint density at radius 3 is 2.87 bits per heavy atom. The molecule has 0 amide bonds. The zero-order chi connectivity index (χ0) is 15.9. The van der Waals surface area contributed by atoms with Crippen LogP contribution < -0.4 is 25.4 Å². The second kappa shape index (κ2) is 7.64. The van der Waals surface area contributed by atoms with Crippen LogP contribution in [0.15, 0.2) is 42.6 Å². The van der Waals surface area contributed by atoms with Gasteiger partial charge in [0.1, 0.15) is 5.82 Å². The van der Waals surface area contributed by atoms with Gasteiger partial charge in [-0.25, -0.2) is 4.98 Å². The van der Waals surface area contributed by atoms with Gasteiger partial charge in [0, 0.05) is 25.8 Å². The molecule has 0 atom stereocenters. The molecule has 0 saturated heterocycles. The Morgan fingerprint density at radius 1 is 1.09 bits per heavy atom. The number of hydrogen-bond acceptors (Lipinski definition) is 5. The maximum atomic E-state index is 5.35. The van der Waals surface area contributed by atoms with Crippen molar-refractivity contribution in [3.05, 3.63) is 48.2 Å². The number of nitrogens with one attached hydrogen (secondary N) is 3. The summed E-state index contributed by atoms with van der Waals surface area (Å²) >= 11 is 5.26. The van der Waals surface area contributed by atoms with Gasteiger partial charge in [0.05, 0.1) is 0 Å². The molecule has 0 fully saturated rings. The molecule has 1 aliphatic heterocycles. The van der Waals surface area contributed by atoms with Gasteiger partial charge in [0.15, 0.2) is 16.6 Å². The zero-order valence-corrected chi connectivity index (χ0v) is 13.4. The van der Waals surface area contributed by atoms with Crippen molar-refractivity contribution >= 4 is 23.1 Å². The predicted molar refractivity (Wildman–Crippen MR) is 92.7 cm³/mol. The summed E-state index contributed by atoms with van der Waals surface area (Å²) in [7, 11) is 0. The second-order valence-electron chi connectivity index (χ2n) is 4.94. The number of rotatable bonds is 6. The molecule has 0 radical (unpaired) electrons. The summed E-state index contributed by atoms with van der Waals surface area (Å²) in [6.45, 7) is 2.37. The monoisotopic (exact) mass is 330 g/mol. The maximum absolute atomic E-state index is 5.35. The van der Waals surface area contributed by atoms with Crippen molar-refractivity contribution in [1.82, 2.24) is 15.6 Å². The van der Waals surface area contributed by atoms with Crippen LogP contribution >= 0.6 is 12.2 Å². The Bertz CT molecular complexity index is 666. The number of hydrogen-bond donors (Lipinski definition) is 3. The first-order chi connectivity index (χ1) is 11.3. The van der Waals surface area contributed by atoms with Crippen molar-refractivity contribution in [2.45, 2.75) is 6.54 Å². The first kappa shape index (κ1) is 15.4. The lowest BCUT2D eigenvalue weighted by Crippen LogP contribution is -2.37. The van der Waals surface area contributed by atoms with Crippen LogP contribution in [0.1, 0.15) is 5.56 Å².